The number of amides is 1. The van der Waals surface area contributed by atoms with Crippen molar-refractivity contribution in [3.05, 3.63) is 54.1 Å². The monoisotopic (exact) mass is 320 g/mol. The van der Waals surface area contributed by atoms with Crippen LogP contribution in [0, 0.1) is 6.92 Å². The van der Waals surface area contributed by atoms with Crippen LogP contribution in [0.15, 0.2) is 53.4 Å². The Labute approximate surface area is 129 Å². The molecule has 3 N–H and O–H groups in total. The molecule has 0 aliphatic carbocycles. The third-order valence-electron chi connectivity index (χ3n) is 2.83. The molecule has 0 unspecified atom stereocenters. The van der Waals surface area contributed by atoms with Gasteiger partial charge in [0.2, 0.25) is 10.0 Å². The molecule has 2 rings (SSSR count). The SMILES string of the molecule is Cc1cccc(OCC(=O)Nc2ccc(S(N)(=O)=O)cc2)c1. The molecule has 7 heteroatoms. The lowest BCUT2D eigenvalue weighted by molar-refractivity contribution is -0.118. The zero-order valence-electron chi connectivity index (χ0n) is 11.9. The van der Waals surface area contributed by atoms with Crippen LogP contribution in [0.1, 0.15) is 5.56 Å². The van der Waals surface area contributed by atoms with Crippen LogP contribution in [-0.4, -0.2) is 20.9 Å². The Balaban J connectivity index is 1.92. The van der Waals surface area contributed by atoms with Crippen molar-refractivity contribution in [1.82, 2.24) is 0 Å². The zero-order valence-corrected chi connectivity index (χ0v) is 12.8. The molecule has 2 aromatic carbocycles. The quantitative estimate of drug-likeness (QED) is 0.875. The van der Waals surface area contributed by atoms with Crippen LogP contribution in [0.2, 0.25) is 0 Å². The molecule has 0 aliphatic rings. The van der Waals surface area contributed by atoms with Gasteiger partial charge in [-0.15, -0.1) is 0 Å². The number of nitrogens with two attached hydrogens (primary N) is 1. The summed E-state index contributed by atoms with van der Waals surface area (Å²) in [5.41, 5.74) is 1.50. The number of primary sulfonamides is 1. The van der Waals surface area contributed by atoms with E-state index in [1.54, 1.807) is 6.07 Å². The normalized spacial score (nSPS) is 11.0. The number of sulfonamides is 1. The van der Waals surface area contributed by atoms with E-state index in [2.05, 4.69) is 5.32 Å². The van der Waals surface area contributed by atoms with Crippen molar-refractivity contribution in [1.29, 1.82) is 0 Å². The smallest absolute Gasteiger partial charge is 0.262 e. The molecule has 0 heterocycles. The van der Waals surface area contributed by atoms with Crippen molar-refractivity contribution in [2.45, 2.75) is 11.8 Å². The number of aryl methyl sites for hydroxylation is 1. The number of rotatable bonds is 5. The Morgan fingerprint density at radius 2 is 1.86 bits per heavy atom. The Morgan fingerprint density at radius 1 is 1.18 bits per heavy atom. The predicted molar refractivity (Wildman–Crippen MR) is 83.1 cm³/mol. The molecule has 0 aliphatic heterocycles. The van der Waals surface area contributed by atoms with Gasteiger partial charge >= 0.3 is 0 Å². The van der Waals surface area contributed by atoms with Crippen molar-refractivity contribution >= 4 is 21.6 Å². The standard InChI is InChI=1S/C15H16N2O4S/c1-11-3-2-4-13(9-11)21-10-15(18)17-12-5-7-14(8-6-12)22(16,19)20/h2-9H,10H2,1H3,(H,17,18)(H2,16,19,20). The topological polar surface area (TPSA) is 98.5 Å². The second-order valence-electron chi connectivity index (χ2n) is 4.72. The molecule has 2 aromatic rings. The van der Waals surface area contributed by atoms with Gasteiger partial charge in [0.05, 0.1) is 4.90 Å². The Hall–Kier alpha value is -2.38. The number of hydrogen-bond donors (Lipinski definition) is 2. The summed E-state index contributed by atoms with van der Waals surface area (Å²) >= 11 is 0. The molecule has 0 bridgehead atoms. The molecule has 0 saturated carbocycles. The molecule has 0 saturated heterocycles. The minimum absolute atomic E-state index is 0.0125. The summed E-state index contributed by atoms with van der Waals surface area (Å²) in [4.78, 5) is 11.8. The molecular weight excluding hydrogens is 304 g/mol. The lowest BCUT2D eigenvalue weighted by Crippen LogP contribution is -2.20. The van der Waals surface area contributed by atoms with E-state index in [0.717, 1.165) is 5.56 Å². The van der Waals surface area contributed by atoms with E-state index >= 15 is 0 Å². The first kappa shape index (κ1) is 16.0. The molecule has 22 heavy (non-hydrogen) atoms. The van der Waals surface area contributed by atoms with Crippen molar-refractivity contribution < 1.29 is 17.9 Å². The van der Waals surface area contributed by atoms with Gasteiger partial charge in [0.1, 0.15) is 5.75 Å². The van der Waals surface area contributed by atoms with Gasteiger partial charge in [-0.25, -0.2) is 13.6 Å². The summed E-state index contributed by atoms with van der Waals surface area (Å²) < 4.78 is 27.6. The molecule has 0 aromatic heterocycles. The highest BCUT2D eigenvalue weighted by molar-refractivity contribution is 7.89. The largest absolute Gasteiger partial charge is 0.484 e. The van der Waals surface area contributed by atoms with E-state index in [9.17, 15) is 13.2 Å². The number of ether oxygens (including phenoxy) is 1. The molecule has 0 atom stereocenters. The summed E-state index contributed by atoms with van der Waals surface area (Å²) in [6.45, 7) is 1.79. The molecule has 0 fully saturated rings. The van der Waals surface area contributed by atoms with Crippen LogP contribution < -0.4 is 15.2 Å². The fourth-order valence-electron chi connectivity index (χ4n) is 1.78. The van der Waals surface area contributed by atoms with Crippen LogP contribution in [-0.2, 0) is 14.8 Å². The van der Waals surface area contributed by atoms with Gasteiger partial charge in [0, 0.05) is 5.69 Å². The van der Waals surface area contributed by atoms with E-state index in [-0.39, 0.29) is 17.4 Å². The first-order valence-electron chi connectivity index (χ1n) is 6.47. The number of nitrogens with one attached hydrogen (secondary N) is 1. The van der Waals surface area contributed by atoms with Gasteiger partial charge in [-0.3, -0.25) is 4.79 Å². The Kier molecular flexibility index (Phi) is 4.79. The lowest BCUT2D eigenvalue weighted by atomic mass is 10.2. The van der Waals surface area contributed by atoms with Gasteiger partial charge in [-0.1, -0.05) is 12.1 Å². The Bertz CT molecular complexity index is 770. The van der Waals surface area contributed by atoms with Crippen LogP contribution in [0.25, 0.3) is 0 Å². The second kappa shape index (κ2) is 6.59. The Morgan fingerprint density at radius 3 is 2.45 bits per heavy atom. The van der Waals surface area contributed by atoms with Crippen molar-refractivity contribution in [3.63, 3.8) is 0 Å². The lowest BCUT2D eigenvalue weighted by Gasteiger charge is -2.08. The summed E-state index contributed by atoms with van der Waals surface area (Å²) in [5.74, 6) is 0.268. The maximum absolute atomic E-state index is 11.8. The highest BCUT2D eigenvalue weighted by Crippen LogP contribution is 2.14. The maximum atomic E-state index is 11.8. The van der Waals surface area contributed by atoms with Crippen LogP contribution in [0.4, 0.5) is 5.69 Å². The third-order valence-corrected chi connectivity index (χ3v) is 3.76. The number of benzene rings is 2. The van der Waals surface area contributed by atoms with Crippen LogP contribution >= 0.6 is 0 Å². The van der Waals surface area contributed by atoms with E-state index in [1.165, 1.54) is 24.3 Å². The first-order chi connectivity index (χ1) is 10.3. The highest BCUT2D eigenvalue weighted by Gasteiger charge is 2.08. The van der Waals surface area contributed by atoms with Gasteiger partial charge in [-0.05, 0) is 48.9 Å². The van der Waals surface area contributed by atoms with E-state index in [4.69, 9.17) is 9.88 Å². The second-order valence-corrected chi connectivity index (χ2v) is 6.28. The predicted octanol–water partition coefficient (Wildman–Crippen LogP) is 1.66. The van der Waals surface area contributed by atoms with Gasteiger partial charge in [-0.2, -0.15) is 0 Å². The maximum Gasteiger partial charge on any atom is 0.262 e. The van der Waals surface area contributed by atoms with Gasteiger partial charge in [0.15, 0.2) is 6.61 Å². The fourth-order valence-corrected chi connectivity index (χ4v) is 2.29. The summed E-state index contributed by atoms with van der Waals surface area (Å²) in [6, 6.07) is 12.9. The van der Waals surface area contributed by atoms with Crippen LogP contribution in [0.3, 0.4) is 0 Å². The van der Waals surface area contributed by atoms with E-state index in [1.807, 2.05) is 25.1 Å². The van der Waals surface area contributed by atoms with Crippen molar-refractivity contribution in [2.75, 3.05) is 11.9 Å². The molecule has 1 amide bonds. The van der Waals surface area contributed by atoms with Crippen molar-refractivity contribution in [2.24, 2.45) is 5.14 Å². The number of carbonyl (C=O) groups excluding carboxylic acids is 1. The number of anilines is 1. The first-order valence-corrected chi connectivity index (χ1v) is 8.01. The third kappa shape index (κ3) is 4.57. The molecular formula is C15H16N2O4S. The van der Waals surface area contributed by atoms with E-state index in [0.29, 0.717) is 11.4 Å². The summed E-state index contributed by atoms with van der Waals surface area (Å²) in [7, 11) is -3.74. The summed E-state index contributed by atoms with van der Waals surface area (Å²) in [6.07, 6.45) is 0. The van der Waals surface area contributed by atoms with Gasteiger partial charge in [0.25, 0.3) is 5.91 Å². The van der Waals surface area contributed by atoms with Crippen LogP contribution in [0.5, 0.6) is 5.75 Å². The fraction of sp³-hybridized carbons (Fsp3) is 0.133. The molecule has 6 nitrogen and oxygen atoms in total. The molecule has 0 radical (unpaired) electrons. The van der Waals surface area contributed by atoms with Crippen molar-refractivity contribution in [3.8, 4) is 5.75 Å². The number of hydrogen-bond acceptors (Lipinski definition) is 4. The minimum atomic E-state index is -3.74. The average Bonchev–Trinajstić information content (AvgIpc) is 2.45. The molecule has 0 spiro atoms. The summed E-state index contributed by atoms with van der Waals surface area (Å²) in [5, 5.41) is 7.60. The zero-order chi connectivity index (χ0) is 16.2. The minimum Gasteiger partial charge on any atom is -0.484 e. The highest BCUT2D eigenvalue weighted by atomic mass is 32.2. The number of carbonyl (C=O) groups is 1. The van der Waals surface area contributed by atoms with Gasteiger partial charge < -0.3 is 10.1 Å². The molecule has 116 valence electrons. The average molecular weight is 320 g/mol. The van der Waals surface area contributed by atoms with E-state index < -0.39 is 10.0 Å².